The number of nitrogens with zero attached hydrogens (tertiary/aromatic N) is 2. The smallest absolute Gasteiger partial charge is 0.137 e. The third-order valence-electron chi connectivity index (χ3n) is 4.58. The number of anilines is 1. The quantitative estimate of drug-likeness (QED) is 0.636. The predicted octanol–water partition coefficient (Wildman–Crippen LogP) is 5.17. The zero-order valence-corrected chi connectivity index (χ0v) is 15.2. The Morgan fingerprint density at radius 3 is 2.40 bits per heavy atom. The molecule has 25 heavy (non-hydrogen) atoms. The van der Waals surface area contributed by atoms with Crippen molar-refractivity contribution in [3.05, 3.63) is 59.6 Å². The predicted molar refractivity (Wildman–Crippen MR) is 104 cm³/mol. The number of ether oxygens (including phenoxy) is 1. The van der Waals surface area contributed by atoms with E-state index in [0.29, 0.717) is 0 Å². The molecule has 1 aliphatic rings. The van der Waals surface area contributed by atoms with Gasteiger partial charge in [-0.1, -0.05) is 41.9 Å². The van der Waals surface area contributed by atoms with Crippen LogP contribution in [0.3, 0.4) is 0 Å². The molecule has 2 atom stereocenters. The first-order valence-corrected chi connectivity index (χ1v) is 9.04. The molecule has 0 unspecified atom stereocenters. The maximum absolute atomic E-state index is 6.08. The zero-order chi connectivity index (χ0) is 17.4. The van der Waals surface area contributed by atoms with Crippen LogP contribution in [-0.4, -0.2) is 30.3 Å². The number of hydrogen-bond donors (Lipinski definition) is 0. The average molecular weight is 353 g/mol. The molecule has 4 rings (SSSR count). The molecule has 0 spiro atoms. The molecule has 1 aliphatic heterocycles. The Labute approximate surface area is 153 Å². The van der Waals surface area contributed by atoms with Gasteiger partial charge in [0, 0.05) is 29.1 Å². The normalized spacial score (nSPS) is 20.8. The van der Waals surface area contributed by atoms with Gasteiger partial charge < -0.3 is 9.64 Å². The van der Waals surface area contributed by atoms with Crippen molar-refractivity contribution in [2.24, 2.45) is 0 Å². The molecule has 2 heterocycles. The molecule has 0 N–H and O–H groups in total. The lowest BCUT2D eigenvalue weighted by atomic mass is 10.0. The van der Waals surface area contributed by atoms with Crippen LogP contribution in [0.25, 0.3) is 22.0 Å². The maximum Gasteiger partial charge on any atom is 0.137 e. The van der Waals surface area contributed by atoms with Gasteiger partial charge in [0.05, 0.1) is 17.7 Å². The molecule has 0 bridgehead atoms. The van der Waals surface area contributed by atoms with Gasteiger partial charge in [-0.3, -0.25) is 0 Å². The van der Waals surface area contributed by atoms with Crippen LogP contribution >= 0.6 is 11.6 Å². The van der Waals surface area contributed by atoms with Crippen LogP contribution in [0.2, 0.25) is 5.02 Å². The Bertz CT molecular complexity index is 884. The number of para-hydroxylation sites is 1. The lowest BCUT2D eigenvalue weighted by Gasteiger charge is -2.37. The third kappa shape index (κ3) is 3.35. The van der Waals surface area contributed by atoms with Crippen LogP contribution < -0.4 is 4.90 Å². The van der Waals surface area contributed by atoms with Gasteiger partial charge in [0.1, 0.15) is 5.82 Å². The van der Waals surface area contributed by atoms with Gasteiger partial charge in [-0.05, 0) is 43.7 Å². The summed E-state index contributed by atoms with van der Waals surface area (Å²) in [5, 5.41) is 1.89. The average Bonchev–Trinajstić information content (AvgIpc) is 2.60. The van der Waals surface area contributed by atoms with Gasteiger partial charge in [-0.15, -0.1) is 0 Å². The van der Waals surface area contributed by atoms with Crippen LogP contribution in [0.15, 0.2) is 54.6 Å². The number of hydrogen-bond acceptors (Lipinski definition) is 3. The summed E-state index contributed by atoms with van der Waals surface area (Å²) >= 11 is 6.08. The Hall–Kier alpha value is -2.10. The monoisotopic (exact) mass is 352 g/mol. The summed E-state index contributed by atoms with van der Waals surface area (Å²) in [6.07, 6.45) is 0.380. The van der Waals surface area contributed by atoms with Crippen molar-refractivity contribution in [3.63, 3.8) is 0 Å². The van der Waals surface area contributed by atoms with Crippen LogP contribution in [0.4, 0.5) is 5.82 Å². The second-order valence-electron chi connectivity index (χ2n) is 6.72. The van der Waals surface area contributed by atoms with Crippen LogP contribution in [0, 0.1) is 0 Å². The number of pyridine rings is 1. The minimum Gasteiger partial charge on any atom is -0.372 e. The molecule has 1 saturated heterocycles. The van der Waals surface area contributed by atoms with Gasteiger partial charge in [-0.2, -0.15) is 0 Å². The summed E-state index contributed by atoms with van der Waals surface area (Å²) < 4.78 is 5.90. The Morgan fingerprint density at radius 2 is 1.68 bits per heavy atom. The van der Waals surface area contributed by atoms with E-state index in [2.05, 4.69) is 49.1 Å². The summed E-state index contributed by atoms with van der Waals surface area (Å²) in [5.41, 5.74) is 3.28. The van der Waals surface area contributed by atoms with Crippen molar-refractivity contribution >= 4 is 28.3 Å². The van der Waals surface area contributed by atoms with Gasteiger partial charge in [0.25, 0.3) is 0 Å². The summed E-state index contributed by atoms with van der Waals surface area (Å²) in [6, 6.07) is 18.5. The highest BCUT2D eigenvalue weighted by atomic mass is 35.5. The molecule has 1 aromatic heterocycles. The van der Waals surface area contributed by atoms with Crippen molar-refractivity contribution in [3.8, 4) is 11.1 Å². The minimum atomic E-state index is 0.190. The van der Waals surface area contributed by atoms with E-state index in [-0.39, 0.29) is 12.2 Å². The number of fused-ring (bicyclic) bond motifs is 1. The molecule has 2 aromatic carbocycles. The molecule has 4 heteroatoms. The van der Waals surface area contributed by atoms with Crippen molar-refractivity contribution < 1.29 is 4.74 Å². The second kappa shape index (κ2) is 6.66. The number of aromatic nitrogens is 1. The summed E-state index contributed by atoms with van der Waals surface area (Å²) in [6.45, 7) is 5.92. The Balaban J connectivity index is 1.88. The fourth-order valence-electron chi connectivity index (χ4n) is 3.54. The van der Waals surface area contributed by atoms with E-state index >= 15 is 0 Å². The second-order valence-corrected chi connectivity index (χ2v) is 7.16. The highest BCUT2D eigenvalue weighted by molar-refractivity contribution is 6.30. The van der Waals surface area contributed by atoms with E-state index in [0.717, 1.165) is 46.0 Å². The number of halogens is 1. The fraction of sp³-hybridized carbons (Fsp3) is 0.286. The van der Waals surface area contributed by atoms with Crippen molar-refractivity contribution in [1.82, 2.24) is 4.98 Å². The van der Waals surface area contributed by atoms with Gasteiger partial charge in [0.15, 0.2) is 0 Å². The van der Waals surface area contributed by atoms with E-state index in [4.69, 9.17) is 21.3 Å². The lowest BCUT2D eigenvalue weighted by Crippen LogP contribution is -2.46. The molecule has 1 fully saturated rings. The molecular formula is C21H21ClN2O. The lowest BCUT2D eigenvalue weighted by molar-refractivity contribution is -0.00540. The Kier molecular flexibility index (Phi) is 4.36. The number of benzene rings is 2. The zero-order valence-electron chi connectivity index (χ0n) is 14.4. The summed E-state index contributed by atoms with van der Waals surface area (Å²) in [7, 11) is 0. The number of rotatable bonds is 2. The third-order valence-corrected chi connectivity index (χ3v) is 4.83. The number of morpholine rings is 1. The fourth-order valence-corrected chi connectivity index (χ4v) is 3.67. The van der Waals surface area contributed by atoms with Crippen molar-refractivity contribution in [2.45, 2.75) is 26.1 Å². The molecule has 0 aliphatic carbocycles. The molecule has 0 saturated carbocycles. The molecular weight excluding hydrogens is 332 g/mol. The van der Waals surface area contributed by atoms with E-state index in [9.17, 15) is 0 Å². The first kappa shape index (κ1) is 16.4. The molecule has 128 valence electrons. The summed E-state index contributed by atoms with van der Waals surface area (Å²) in [4.78, 5) is 7.35. The largest absolute Gasteiger partial charge is 0.372 e. The highest BCUT2D eigenvalue weighted by Crippen LogP contribution is 2.34. The standard InChI is InChI=1S/C21H21ClN2O/c1-14-12-24(13-15(2)25-14)21-19(16-7-9-18(22)10-8-16)11-17-5-3-4-6-20(17)23-21/h3-11,14-15H,12-13H2,1-2H3/t14-,15-/m0/s1. The van der Waals surface area contributed by atoms with Gasteiger partial charge in [-0.25, -0.2) is 4.98 Å². The highest BCUT2D eigenvalue weighted by Gasteiger charge is 2.25. The van der Waals surface area contributed by atoms with E-state index < -0.39 is 0 Å². The van der Waals surface area contributed by atoms with E-state index in [1.807, 2.05) is 24.3 Å². The van der Waals surface area contributed by atoms with Crippen molar-refractivity contribution in [2.75, 3.05) is 18.0 Å². The molecule has 0 radical (unpaired) electrons. The first-order valence-electron chi connectivity index (χ1n) is 8.66. The van der Waals surface area contributed by atoms with Gasteiger partial charge in [0.2, 0.25) is 0 Å². The Morgan fingerprint density at radius 1 is 1.00 bits per heavy atom. The molecule has 3 aromatic rings. The van der Waals surface area contributed by atoms with Crippen LogP contribution in [0.5, 0.6) is 0 Å². The van der Waals surface area contributed by atoms with Crippen LogP contribution in [-0.2, 0) is 4.74 Å². The molecule has 3 nitrogen and oxygen atoms in total. The maximum atomic E-state index is 6.08. The minimum absolute atomic E-state index is 0.190. The van der Waals surface area contributed by atoms with Gasteiger partial charge >= 0.3 is 0 Å². The molecule has 0 amide bonds. The van der Waals surface area contributed by atoms with E-state index in [1.54, 1.807) is 0 Å². The van der Waals surface area contributed by atoms with Crippen LogP contribution in [0.1, 0.15) is 13.8 Å². The topological polar surface area (TPSA) is 25.4 Å². The van der Waals surface area contributed by atoms with Crippen molar-refractivity contribution in [1.29, 1.82) is 0 Å². The summed E-state index contributed by atoms with van der Waals surface area (Å²) in [5.74, 6) is 1.02. The SMILES string of the molecule is C[C@H]1CN(c2nc3ccccc3cc2-c2ccc(Cl)cc2)C[C@H](C)O1. The van der Waals surface area contributed by atoms with E-state index in [1.165, 1.54) is 0 Å². The first-order chi connectivity index (χ1) is 12.1.